The molecule has 0 spiro atoms. The van der Waals surface area contributed by atoms with Crippen LogP contribution < -0.4 is 19.8 Å². The second-order valence-electron chi connectivity index (χ2n) is 22.3. The number of fused-ring (bicyclic) bond motifs is 3. The average Bonchev–Trinajstić information content (AvgIpc) is 3.96. The van der Waals surface area contributed by atoms with Gasteiger partial charge in [-0.1, -0.05) is 259 Å². The van der Waals surface area contributed by atoms with Crippen molar-refractivity contribution < 1.29 is 14.2 Å². The van der Waals surface area contributed by atoms with Crippen LogP contribution in [0.15, 0.2) is 146 Å². The highest BCUT2D eigenvalue weighted by Crippen LogP contribution is 2.44. The maximum Gasteiger partial charge on any atom is 0.127 e. The third-order valence-electron chi connectivity index (χ3n) is 16.4. The van der Waals surface area contributed by atoms with Crippen molar-refractivity contribution in [3.63, 3.8) is 0 Å². The number of hydrogen-bond donors (Lipinski definition) is 0. The fourth-order valence-corrected chi connectivity index (χ4v) is 17.4. The van der Waals surface area contributed by atoms with Gasteiger partial charge in [0.15, 0.2) is 0 Å². The van der Waals surface area contributed by atoms with Crippen LogP contribution in [-0.2, 0) is 11.2 Å². The van der Waals surface area contributed by atoms with Gasteiger partial charge in [0.05, 0.1) is 26.6 Å². The monoisotopic (exact) mass is 1050 g/mol. The Morgan fingerprint density at radius 3 is 1.38 bits per heavy atom. The zero-order valence-corrected chi connectivity index (χ0v) is 49.7. The lowest BCUT2D eigenvalue weighted by atomic mass is 9.93. The minimum absolute atomic E-state index is 0.741. The molecular weight excluding hydrogens is 953 g/mol. The van der Waals surface area contributed by atoms with E-state index in [1.54, 1.807) is 23.7 Å². The molecule has 0 fully saturated rings. The number of hydrogen-bond acceptors (Lipinski definition) is 3. The standard InChI is InChI=1S/C73H96O3Si/c1-7-11-15-19-23-29-50-75-66-47-45-63(46-48-66)62-39-43-65(44-40-62)68-57-73-70(55-71(68)76-51-28-18-14-10-4)69-54-58(5)67(56-72(69)77(73,52-30-24-16-12-8-2)53-31-25-17-13-9-3)64-41-37-61(38-42-64)60-35-33-59(34-36-60)32-26-21-20-22-27-49-74-6/h21,26-27,33-49,54-57H,7-20,22-25,28-32,50-53H2,1-6H3/b26-21+,49-27+. The Balaban J connectivity index is 1.22. The molecule has 0 saturated heterocycles. The van der Waals surface area contributed by atoms with Gasteiger partial charge in [-0.3, -0.25) is 0 Å². The predicted molar refractivity (Wildman–Crippen MR) is 337 cm³/mol. The first-order valence-corrected chi connectivity index (χ1v) is 33.2. The van der Waals surface area contributed by atoms with Gasteiger partial charge in [-0.25, -0.2) is 0 Å². The molecular formula is C73H96O3Si. The summed E-state index contributed by atoms with van der Waals surface area (Å²) in [4.78, 5) is 0. The van der Waals surface area contributed by atoms with Crippen LogP contribution in [0.4, 0.5) is 0 Å². The number of rotatable bonds is 36. The number of aryl methyl sites for hydroxylation is 1. The molecule has 0 bridgehead atoms. The zero-order valence-electron chi connectivity index (χ0n) is 48.7. The van der Waals surface area contributed by atoms with Gasteiger partial charge in [-0.2, -0.15) is 0 Å². The Hall–Kier alpha value is -5.58. The molecule has 0 saturated carbocycles. The molecule has 0 atom stereocenters. The molecule has 0 radical (unpaired) electrons. The van der Waals surface area contributed by atoms with Gasteiger partial charge in [0, 0.05) is 5.56 Å². The maximum absolute atomic E-state index is 7.00. The summed E-state index contributed by atoms with van der Waals surface area (Å²) in [5, 5.41) is 3.32. The Morgan fingerprint density at radius 2 is 0.818 bits per heavy atom. The fourth-order valence-electron chi connectivity index (χ4n) is 11.8. The van der Waals surface area contributed by atoms with Crippen molar-refractivity contribution in [3.05, 3.63) is 157 Å². The minimum atomic E-state index is -2.28. The van der Waals surface area contributed by atoms with E-state index in [9.17, 15) is 0 Å². The van der Waals surface area contributed by atoms with Gasteiger partial charge in [0.25, 0.3) is 0 Å². The van der Waals surface area contributed by atoms with Crippen molar-refractivity contribution in [2.45, 2.75) is 194 Å². The first-order chi connectivity index (χ1) is 37.9. The first kappa shape index (κ1) is 59.1. The van der Waals surface area contributed by atoms with Gasteiger partial charge < -0.3 is 14.2 Å². The average molecular weight is 1050 g/mol. The molecule has 410 valence electrons. The lowest BCUT2D eigenvalue weighted by Gasteiger charge is -2.31. The smallest absolute Gasteiger partial charge is 0.127 e. The fraction of sp³-hybridized carbons (Fsp3) is 0.452. The van der Waals surface area contributed by atoms with E-state index in [0.29, 0.717) is 0 Å². The molecule has 0 aliphatic carbocycles. The van der Waals surface area contributed by atoms with E-state index in [-0.39, 0.29) is 0 Å². The first-order valence-electron chi connectivity index (χ1n) is 30.8. The highest BCUT2D eigenvalue weighted by atomic mass is 28.3. The van der Waals surface area contributed by atoms with E-state index in [4.69, 9.17) is 14.2 Å². The predicted octanol–water partition coefficient (Wildman–Crippen LogP) is 20.9. The molecule has 4 heteroatoms. The van der Waals surface area contributed by atoms with E-state index in [2.05, 4.69) is 174 Å². The Labute approximate surface area is 469 Å². The van der Waals surface area contributed by atoms with Crippen molar-refractivity contribution in [1.29, 1.82) is 0 Å². The van der Waals surface area contributed by atoms with Crippen LogP contribution in [0, 0.1) is 6.92 Å². The van der Waals surface area contributed by atoms with Crippen molar-refractivity contribution in [2.75, 3.05) is 20.3 Å². The lowest BCUT2D eigenvalue weighted by molar-refractivity contribution is 0.304. The molecule has 6 aromatic rings. The van der Waals surface area contributed by atoms with Crippen LogP contribution in [-0.4, -0.2) is 28.4 Å². The van der Waals surface area contributed by atoms with E-state index in [1.165, 1.54) is 194 Å². The van der Waals surface area contributed by atoms with E-state index >= 15 is 0 Å². The summed E-state index contributed by atoms with van der Waals surface area (Å²) in [6.45, 7) is 13.1. The van der Waals surface area contributed by atoms with E-state index < -0.39 is 8.07 Å². The highest BCUT2D eigenvalue weighted by molar-refractivity contribution is 7.05. The normalized spacial score (nSPS) is 12.6. The summed E-state index contributed by atoms with van der Waals surface area (Å²) in [7, 11) is -0.580. The van der Waals surface area contributed by atoms with Crippen molar-refractivity contribution in [3.8, 4) is 67.1 Å². The topological polar surface area (TPSA) is 27.7 Å². The third kappa shape index (κ3) is 17.0. The largest absolute Gasteiger partial charge is 0.505 e. The molecule has 7 rings (SSSR count). The van der Waals surface area contributed by atoms with Gasteiger partial charge in [0.2, 0.25) is 0 Å². The maximum atomic E-state index is 7.00. The van der Waals surface area contributed by atoms with Crippen LogP contribution in [0.2, 0.25) is 12.1 Å². The Morgan fingerprint density at radius 1 is 0.390 bits per heavy atom. The lowest BCUT2D eigenvalue weighted by Crippen LogP contribution is -2.55. The van der Waals surface area contributed by atoms with Crippen LogP contribution in [0.3, 0.4) is 0 Å². The van der Waals surface area contributed by atoms with Crippen LogP contribution in [0.25, 0.3) is 55.6 Å². The van der Waals surface area contributed by atoms with Gasteiger partial charge in [0.1, 0.15) is 19.6 Å². The molecule has 1 heterocycles. The van der Waals surface area contributed by atoms with E-state index in [0.717, 1.165) is 56.8 Å². The highest BCUT2D eigenvalue weighted by Gasteiger charge is 2.45. The molecule has 0 aromatic heterocycles. The van der Waals surface area contributed by atoms with Gasteiger partial charge >= 0.3 is 0 Å². The number of methoxy groups -OCH3 is 1. The molecule has 1 aliphatic heterocycles. The summed E-state index contributed by atoms with van der Waals surface area (Å²) < 4.78 is 18.2. The minimum Gasteiger partial charge on any atom is -0.505 e. The molecule has 0 N–H and O–H groups in total. The number of unbranched alkanes of at least 4 members (excludes halogenated alkanes) is 17. The second kappa shape index (κ2) is 32.3. The molecule has 3 nitrogen and oxygen atoms in total. The third-order valence-corrected chi connectivity index (χ3v) is 21.7. The van der Waals surface area contributed by atoms with Gasteiger partial charge in [-0.05, 0) is 147 Å². The van der Waals surface area contributed by atoms with Crippen molar-refractivity contribution in [1.82, 2.24) is 0 Å². The number of allylic oxidation sites excluding steroid dienone is 3. The molecule has 6 aromatic carbocycles. The van der Waals surface area contributed by atoms with Crippen molar-refractivity contribution >= 4 is 18.4 Å². The van der Waals surface area contributed by atoms with Crippen molar-refractivity contribution in [2.24, 2.45) is 0 Å². The summed E-state index contributed by atoms with van der Waals surface area (Å²) in [5.74, 6) is 2.00. The number of ether oxygens (including phenoxy) is 3. The van der Waals surface area contributed by atoms with E-state index in [1.807, 2.05) is 0 Å². The summed E-state index contributed by atoms with van der Waals surface area (Å²) in [6.07, 6.45) is 36.8. The Bertz CT molecular complexity index is 2680. The molecule has 0 unspecified atom stereocenters. The van der Waals surface area contributed by atoms with Crippen LogP contribution in [0.5, 0.6) is 11.5 Å². The second-order valence-corrected chi connectivity index (χ2v) is 26.5. The van der Waals surface area contributed by atoms with Gasteiger partial charge in [-0.15, -0.1) is 0 Å². The summed E-state index contributed by atoms with van der Waals surface area (Å²) >= 11 is 0. The van der Waals surface area contributed by atoms with Crippen LogP contribution in [0.1, 0.15) is 180 Å². The summed E-state index contributed by atoms with van der Waals surface area (Å²) in [5.41, 5.74) is 15.8. The molecule has 1 aliphatic rings. The number of benzene rings is 6. The quantitative estimate of drug-likeness (QED) is 0.0170. The molecule has 0 amide bonds. The van der Waals surface area contributed by atoms with Crippen LogP contribution >= 0.6 is 0 Å². The summed E-state index contributed by atoms with van der Waals surface area (Å²) in [6, 6.07) is 49.7. The SMILES string of the molecule is CCCCCCCCOc1ccc(-c2ccc(-c3cc4c(cc3OCCCCCC)-c3cc(C)c(-c5ccc(-c6ccc(C/C=C/CC/C=C/OC)cc6)cc5)cc3[Si]4(CCCCCCC)CCCCCCC)cc2)cc1. The Kier molecular flexibility index (Phi) is 24.8. The molecule has 77 heavy (non-hydrogen) atoms. The zero-order chi connectivity index (χ0) is 53.9.